The first-order valence-electron chi connectivity index (χ1n) is 4.50. The number of aromatic nitrogens is 2. The van der Waals surface area contributed by atoms with Crippen molar-refractivity contribution >= 4 is 11.3 Å². The predicted molar refractivity (Wildman–Crippen MR) is 51.6 cm³/mol. The van der Waals surface area contributed by atoms with Crippen molar-refractivity contribution in [1.82, 2.24) is 15.5 Å². The van der Waals surface area contributed by atoms with E-state index in [2.05, 4.69) is 15.5 Å². The molecule has 0 fully saturated rings. The second kappa shape index (κ2) is 5.31. The molecule has 1 rings (SSSR count). The molecule has 6 heteroatoms. The Balaban J connectivity index is 2.57. The van der Waals surface area contributed by atoms with E-state index >= 15 is 0 Å². The second-order valence-corrected chi connectivity index (χ2v) is 4.00. The van der Waals surface area contributed by atoms with Gasteiger partial charge in [0.25, 0.3) is 6.43 Å². The van der Waals surface area contributed by atoms with Gasteiger partial charge in [-0.05, 0) is 19.9 Å². The van der Waals surface area contributed by atoms with Gasteiger partial charge in [0.1, 0.15) is 5.01 Å². The summed E-state index contributed by atoms with van der Waals surface area (Å²) in [7, 11) is 0. The molecule has 0 saturated carbocycles. The first kappa shape index (κ1) is 11.5. The lowest BCUT2D eigenvalue weighted by atomic mass is 10.3. The van der Waals surface area contributed by atoms with E-state index in [4.69, 9.17) is 0 Å². The second-order valence-electron chi connectivity index (χ2n) is 2.96. The van der Waals surface area contributed by atoms with Gasteiger partial charge in [-0.15, -0.1) is 10.2 Å². The van der Waals surface area contributed by atoms with Gasteiger partial charge in [0, 0.05) is 0 Å². The van der Waals surface area contributed by atoms with E-state index in [1.54, 1.807) is 0 Å². The summed E-state index contributed by atoms with van der Waals surface area (Å²) in [5.74, 6) is 0. The first-order valence-corrected chi connectivity index (χ1v) is 5.31. The molecular weight excluding hydrogens is 208 g/mol. The maximum Gasteiger partial charge on any atom is 0.291 e. The molecule has 3 nitrogen and oxygen atoms in total. The van der Waals surface area contributed by atoms with Crippen molar-refractivity contribution in [3.05, 3.63) is 10.0 Å². The number of halogens is 2. The highest BCUT2D eigenvalue weighted by molar-refractivity contribution is 7.11. The Morgan fingerprint density at radius 2 is 2.00 bits per heavy atom. The van der Waals surface area contributed by atoms with E-state index in [1.165, 1.54) is 0 Å². The average molecular weight is 221 g/mol. The number of alkyl halides is 2. The topological polar surface area (TPSA) is 37.8 Å². The third-order valence-electron chi connectivity index (χ3n) is 1.71. The van der Waals surface area contributed by atoms with Crippen LogP contribution in [0.4, 0.5) is 8.78 Å². The zero-order valence-electron chi connectivity index (χ0n) is 8.13. The van der Waals surface area contributed by atoms with E-state index in [0.717, 1.165) is 24.3 Å². The zero-order valence-corrected chi connectivity index (χ0v) is 8.94. The van der Waals surface area contributed by atoms with E-state index in [-0.39, 0.29) is 11.0 Å². The Bertz CT molecular complexity index is 277. The maximum absolute atomic E-state index is 12.2. The predicted octanol–water partition coefficient (Wildman–Crippen LogP) is 2.54. The highest BCUT2D eigenvalue weighted by atomic mass is 32.1. The number of hydrogen-bond donors (Lipinski definition) is 1. The van der Waals surface area contributed by atoms with Gasteiger partial charge >= 0.3 is 0 Å². The summed E-state index contributed by atoms with van der Waals surface area (Å²) in [5, 5.41) is 10.7. The Hall–Kier alpha value is -0.620. The monoisotopic (exact) mass is 221 g/mol. The summed E-state index contributed by atoms with van der Waals surface area (Å²) in [4.78, 5) is 0. The fraction of sp³-hybridized carbons (Fsp3) is 0.750. The molecule has 0 aromatic carbocycles. The van der Waals surface area contributed by atoms with Crippen molar-refractivity contribution in [1.29, 1.82) is 0 Å². The fourth-order valence-electron chi connectivity index (χ4n) is 0.958. The van der Waals surface area contributed by atoms with Gasteiger partial charge in [-0.1, -0.05) is 18.3 Å². The van der Waals surface area contributed by atoms with Crippen LogP contribution in [0.25, 0.3) is 0 Å². The Morgan fingerprint density at radius 3 is 2.50 bits per heavy atom. The summed E-state index contributed by atoms with van der Waals surface area (Å²) >= 11 is 0.965. The first-order chi connectivity index (χ1) is 6.65. The average Bonchev–Trinajstić information content (AvgIpc) is 2.62. The summed E-state index contributed by atoms with van der Waals surface area (Å²) in [5.41, 5.74) is 0. The van der Waals surface area contributed by atoms with Crippen molar-refractivity contribution in [2.24, 2.45) is 0 Å². The van der Waals surface area contributed by atoms with Crippen molar-refractivity contribution in [2.75, 3.05) is 6.54 Å². The lowest BCUT2D eigenvalue weighted by molar-refractivity contribution is 0.150. The highest BCUT2D eigenvalue weighted by Crippen LogP contribution is 2.25. The number of nitrogens with one attached hydrogen (secondary N) is 1. The molecule has 14 heavy (non-hydrogen) atoms. The largest absolute Gasteiger partial charge is 0.308 e. The van der Waals surface area contributed by atoms with Crippen LogP contribution in [-0.4, -0.2) is 16.7 Å². The smallest absolute Gasteiger partial charge is 0.291 e. The van der Waals surface area contributed by atoms with Crippen LogP contribution < -0.4 is 5.32 Å². The SMILES string of the molecule is CCCNC(C)c1nnc(C(F)F)s1. The van der Waals surface area contributed by atoms with Crippen LogP contribution in [0.1, 0.15) is 42.8 Å². The van der Waals surface area contributed by atoms with Gasteiger partial charge in [0.15, 0.2) is 5.01 Å². The Morgan fingerprint density at radius 1 is 1.36 bits per heavy atom. The normalized spacial score (nSPS) is 13.5. The summed E-state index contributed by atoms with van der Waals surface area (Å²) < 4.78 is 24.4. The fourth-order valence-corrected chi connectivity index (χ4v) is 1.68. The minimum atomic E-state index is -2.51. The van der Waals surface area contributed by atoms with Gasteiger partial charge < -0.3 is 5.32 Å². The van der Waals surface area contributed by atoms with Crippen LogP contribution in [0.5, 0.6) is 0 Å². The molecule has 0 aliphatic carbocycles. The molecule has 1 heterocycles. The summed E-state index contributed by atoms with van der Waals surface area (Å²) in [6.45, 7) is 4.79. The van der Waals surface area contributed by atoms with Crippen LogP contribution >= 0.6 is 11.3 Å². The maximum atomic E-state index is 12.2. The van der Waals surface area contributed by atoms with Gasteiger partial charge in [-0.25, -0.2) is 8.78 Å². The van der Waals surface area contributed by atoms with Crippen molar-refractivity contribution in [3.8, 4) is 0 Å². The minimum Gasteiger partial charge on any atom is -0.308 e. The molecule has 1 atom stereocenters. The quantitative estimate of drug-likeness (QED) is 0.830. The molecule has 0 bridgehead atoms. The molecule has 0 saturated heterocycles. The molecule has 1 aromatic rings. The molecule has 0 aliphatic heterocycles. The van der Waals surface area contributed by atoms with E-state index in [0.29, 0.717) is 5.01 Å². The van der Waals surface area contributed by atoms with Gasteiger partial charge in [-0.3, -0.25) is 0 Å². The van der Waals surface area contributed by atoms with Gasteiger partial charge in [0.05, 0.1) is 6.04 Å². The molecule has 80 valence electrons. The molecule has 0 spiro atoms. The number of nitrogens with zero attached hydrogens (tertiary/aromatic N) is 2. The van der Waals surface area contributed by atoms with E-state index in [9.17, 15) is 8.78 Å². The third kappa shape index (κ3) is 2.95. The molecular formula is C8H13F2N3S. The van der Waals surface area contributed by atoms with Crippen molar-refractivity contribution in [2.45, 2.75) is 32.7 Å². The van der Waals surface area contributed by atoms with Crippen molar-refractivity contribution < 1.29 is 8.78 Å². The molecule has 1 aromatic heterocycles. The zero-order chi connectivity index (χ0) is 10.6. The van der Waals surface area contributed by atoms with Crippen LogP contribution in [0.3, 0.4) is 0 Å². The standard InChI is InChI=1S/C8H13F2N3S/c1-3-4-11-5(2)7-12-13-8(14-7)6(9)10/h5-6,11H,3-4H2,1-2H3. The molecule has 1 N–H and O–H groups in total. The van der Waals surface area contributed by atoms with Crippen molar-refractivity contribution in [3.63, 3.8) is 0 Å². The van der Waals surface area contributed by atoms with E-state index in [1.807, 2.05) is 13.8 Å². The summed E-state index contributed by atoms with van der Waals surface area (Å²) in [6, 6.07) is -0.0000463. The van der Waals surface area contributed by atoms with Crippen LogP contribution in [0.2, 0.25) is 0 Å². The Labute approximate surface area is 85.6 Å². The minimum absolute atomic E-state index is 0.0000463. The molecule has 0 amide bonds. The Kier molecular flexibility index (Phi) is 4.34. The summed E-state index contributed by atoms with van der Waals surface area (Å²) in [6.07, 6.45) is -1.51. The number of rotatable bonds is 5. The van der Waals surface area contributed by atoms with Gasteiger partial charge in [-0.2, -0.15) is 0 Å². The van der Waals surface area contributed by atoms with Crippen LogP contribution in [0.15, 0.2) is 0 Å². The molecule has 0 radical (unpaired) electrons. The third-order valence-corrected chi connectivity index (χ3v) is 2.83. The van der Waals surface area contributed by atoms with Gasteiger partial charge in [0.2, 0.25) is 0 Å². The lowest BCUT2D eigenvalue weighted by Crippen LogP contribution is -2.18. The molecule has 0 aliphatic rings. The van der Waals surface area contributed by atoms with E-state index < -0.39 is 6.43 Å². The highest BCUT2D eigenvalue weighted by Gasteiger charge is 2.16. The molecule has 1 unspecified atom stereocenters. The van der Waals surface area contributed by atoms with Crippen LogP contribution in [-0.2, 0) is 0 Å². The van der Waals surface area contributed by atoms with Crippen LogP contribution in [0, 0.1) is 0 Å². The lowest BCUT2D eigenvalue weighted by Gasteiger charge is -2.08. The number of hydrogen-bond acceptors (Lipinski definition) is 4.